The number of amides is 2. The van der Waals surface area contributed by atoms with Crippen molar-refractivity contribution in [3.05, 3.63) is 52.2 Å². The molecule has 2 rings (SSSR count). The number of rotatable bonds is 3. The van der Waals surface area contributed by atoms with Gasteiger partial charge in [0.1, 0.15) is 0 Å². The summed E-state index contributed by atoms with van der Waals surface area (Å²) in [5.74, 6) is -3.90. The summed E-state index contributed by atoms with van der Waals surface area (Å²) in [6.45, 7) is 0.230. The SMILES string of the molecule is O=C(NCc1ccsc1)C(=O)Nc1ccc(F)c(F)c1. The van der Waals surface area contributed by atoms with Gasteiger partial charge in [0.15, 0.2) is 11.6 Å². The topological polar surface area (TPSA) is 58.2 Å². The van der Waals surface area contributed by atoms with Gasteiger partial charge >= 0.3 is 11.8 Å². The number of hydrogen-bond donors (Lipinski definition) is 2. The summed E-state index contributed by atoms with van der Waals surface area (Å²) in [5, 5.41) is 8.29. The van der Waals surface area contributed by atoms with Gasteiger partial charge in [-0.05, 0) is 34.5 Å². The Morgan fingerprint density at radius 2 is 1.90 bits per heavy atom. The van der Waals surface area contributed by atoms with E-state index >= 15 is 0 Å². The normalized spacial score (nSPS) is 10.1. The molecule has 0 fully saturated rings. The Balaban J connectivity index is 1.90. The van der Waals surface area contributed by atoms with E-state index in [0.717, 1.165) is 17.7 Å². The van der Waals surface area contributed by atoms with E-state index in [2.05, 4.69) is 10.6 Å². The van der Waals surface area contributed by atoms with Gasteiger partial charge in [-0.2, -0.15) is 11.3 Å². The average Bonchev–Trinajstić information content (AvgIpc) is 2.93. The van der Waals surface area contributed by atoms with Gasteiger partial charge in [0, 0.05) is 18.3 Å². The molecule has 1 aromatic heterocycles. The van der Waals surface area contributed by atoms with E-state index in [1.54, 1.807) is 0 Å². The van der Waals surface area contributed by atoms with Crippen LogP contribution in [0.1, 0.15) is 5.56 Å². The Morgan fingerprint density at radius 3 is 2.55 bits per heavy atom. The van der Waals surface area contributed by atoms with Crippen LogP contribution in [0.4, 0.5) is 14.5 Å². The minimum atomic E-state index is -1.10. The predicted octanol–water partition coefficient (Wildman–Crippen LogP) is 2.28. The second-order valence-electron chi connectivity index (χ2n) is 3.90. The summed E-state index contributed by atoms with van der Waals surface area (Å²) >= 11 is 1.48. The van der Waals surface area contributed by atoms with Crippen molar-refractivity contribution in [3.63, 3.8) is 0 Å². The third kappa shape index (κ3) is 3.61. The number of anilines is 1. The van der Waals surface area contributed by atoms with Crippen molar-refractivity contribution in [1.82, 2.24) is 5.32 Å². The molecule has 0 aliphatic heterocycles. The lowest BCUT2D eigenvalue weighted by Gasteiger charge is -2.06. The minimum absolute atomic E-state index is 0.0135. The van der Waals surface area contributed by atoms with Crippen LogP contribution in [0.2, 0.25) is 0 Å². The Hall–Kier alpha value is -2.28. The zero-order valence-corrected chi connectivity index (χ0v) is 11.0. The van der Waals surface area contributed by atoms with Gasteiger partial charge in [0.05, 0.1) is 0 Å². The van der Waals surface area contributed by atoms with E-state index in [-0.39, 0.29) is 12.2 Å². The Morgan fingerprint density at radius 1 is 1.10 bits per heavy atom. The fourth-order valence-electron chi connectivity index (χ4n) is 1.42. The molecule has 0 saturated heterocycles. The summed E-state index contributed by atoms with van der Waals surface area (Å²) < 4.78 is 25.6. The van der Waals surface area contributed by atoms with E-state index in [1.165, 1.54) is 17.4 Å². The highest BCUT2D eigenvalue weighted by molar-refractivity contribution is 7.07. The van der Waals surface area contributed by atoms with E-state index in [1.807, 2.05) is 16.8 Å². The molecule has 0 bridgehead atoms. The van der Waals surface area contributed by atoms with Crippen LogP contribution in [-0.4, -0.2) is 11.8 Å². The van der Waals surface area contributed by atoms with Crippen LogP contribution in [0.3, 0.4) is 0 Å². The second kappa shape index (κ2) is 6.25. The quantitative estimate of drug-likeness (QED) is 0.854. The first-order chi connectivity index (χ1) is 9.56. The summed E-state index contributed by atoms with van der Waals surface area (Å²) in [4.78, 5) is 23.0. The molecule has 0 atom stereocenters. The third-order valence-corrected chi connectivity index (χ3v) is 3.15. The Kier molecular flexibility index (Phi) is 4.41. The second-order valence-corrected chi connectivity index (χ2v) is 4.68. The van der Waals surface area contributed by atoms with Gasteiger partial charge < -0.3 is 10.6 Å². The molecule has 0 aliphatic carbocycles. The molecule has 0 saturated carbocycles. The summed E-state index contributed by atoms with van der Waals surface area (Å²) in [7, 11) is 0. The summed E-state index contributed by atoms with van der Waals surface area (Å²) in [6.07, 6.45) is 0. The lowest BCUT2D eigenvalue weighted by Crippen LogP contribution is -2.34. The van der Waals surface area contributed by atoms with E-state index in [9.17, 15) is 18.4 Å². The number of halogens is 2. The molecule has 0 aliphatic rings. The number of carbonyl (C=O) groups excluding carboxylic acids is 2. The molecular formula is C13H10F2N2O2S. The largest absolute Gasteiger partial charge is 0.344 e. The first kappa shape index (κ1) is 14.1. The molecule has 2 N–H and O–H groups in total. The Bertz CT molecular complexity index is 629. The molecule has 2 amide bonds. The van der Waals surface area contributed by atoms with E-state index in [4.69, 9.17) is 0 Å². The smallest absolute Gasteiger partial charge is 0.313 e. The van der Waals surface area contributed by atoms with E-state index < -0.39 is 23.4 Å². The maximum Gasteiger partial charge on any atom is 0.313 e. The van der Waals surface area contributed by atoms with Crippen LogP contribution in [0.5, 0.6) is 0 Å². The van der Waals surface area contributed by atoms with Crippen molar-refractivity contribution < 1.29 is 18.4 Å². The van der Waals surface area contributed by atoms with Crippen molar-refractivity contribution in [2.24, 2.45) is 0 Å². The molecular weight excluding hydrogens is 286 g/mol. The molecule has 20 heavy (non-hydrogen) atoms. The highest BCUT2D eigenvalue weighted by Crippen LogP contribution is 2.12. The zero-order valence-electron chi connectivity index (χ0n) is 10.2. The number of hydrogen-bond acceptors (Lipinski definition) is 3. The monoisotopic (exact) mass is 296 g/mol. The van der Waals surface area contributed by atoms with Crippen molar-refractivity contribution in [3.8, 4) is 0 Å². The summed E-state index contributed by atoms with van der Waals surface area (Å²) in [6, 6.07) is 4.66. The fourth-order valence-corrected chi connectivity index (χ4v) is 2.09. The maximum absolute atomic E-state index is 12.9. The van der Waals surface area contributed by atoms with Crippen molar-refractivity contribution in [2.45, 2.75) is 6.54 Å². The standard InChI is InChI=1S/C13H10F2N2O2S/c14-10-2-1-9(5-11(10)15)17-13(19)12(18)16-6-8-3-4-20-7-8/h1-5,7H,6H2,(H,16,18)(H,17,19). The first-order valence-electron chi connectivity index (χ1n) is 5.61. The highest BCUT2D eigenvalue weighted by Gasteiger charge is 2.14. The van der Waals surface area contributed by atoms with E-state index in [0.29, 0.717) is 0 Å². The Labute approximate surface area is 117 Å². The van der Waals surface area contributed by atoms with Gasteiger partial charge in [-0.25, -0.2) is 8.78 Å². The molecule has 104 valence electrons. The molecule has 2 aromatic rings. The fraction of sp³-hybridized carbons (Fsp3) is 0.0769. The van der Waals surface area contributed by atoms with Crippen molar-refractivity contribution >= 4 is 28.8 Å². The predicted molar refractivity (Wildman–Crippen MR) is 71.2 cm³/mol. The van der Waals surface area contributed by atoms with Gasteiger partial charge in [-0.3, -0.25) is 9.59 Å². The van der Waals surface area contributed by atoms with Gasteiger partial charge in [0.25, 0.3) is 0 Å². The molecule has 1 heterocycles. The molecule has 7 heteroatoms. The zero-order chi connectivity index (χ0) is 14.5. The average molecular weight is 296 g/mol. The third-order valence-electron chi connectivity index (χ3n) is 2.42. The number of thiophene rings is 1. The molecule has 1 aromatic carbocycles. The lowest BCUT2D eigenvalue weighted by molar-refractivity contribution is -0.136. The van der Waals surface area contributed by atoms with Gasteiger partial charge in [-0.1, -0.05) is 0 Å². The van der Waals surface area contributed by atoms with Crippen LogP contribution in [0.25, 0.3) is 0 Å². The molecule has 4 nitrogen and oxygen atoms in total. The van der Waals surface area contributed by atoms with Crippen LogP contribution >= 0.6 is 11.3 Å². The van der Waals surface area contributed by atoms with Crippen LogP contribution in [0, 0.1) is 11.6 Å². The van der Waals surface area contributed by atoms with Gasteiger partial charge in [0.2, 0.25) is 0 Å². The number of benzene rings is 1. The van der Waals surface area contributed by atoms with Crippen molar-refractivity contribution in [2.75, 3.05) is 5.32 Å². The van der Waals surface area contributed by atoms with Crippen LogP contribution < -0.4 is 10.6 Å². The minimum Gasteiger partial charge on any atom is -0.344 e. The number of carbonyl (C=O) groups is 2. The maximum atomic E-state index is 12.9. The molecule has 0 unspecified atom stereocenters. The molecule has 0 radical (unpaired) electrons. The molecule has 0 spiro atoms. The van der Waals surface area contributed by atoms with Crippen molar-refractivity contribution in [1.29, 1.82) is 0 Å². The first-order valence-corrected chi connectivity index (χ1v) is 6.56. The van der Waals surface area contributed by atoms with Gasteiger partial charge in [-0.15, -0.1) is 0 Å². The van der Waals surface area contributed by atoms with Crippen LogP contribution in [0.15, 0.2) is 35.0 Å². The highest BCUT2D eigenvalue weighted by atomic mass is 32.1. The summed E-state index contributed by atoms with van der Waals surface area (Å²) in [5.41, 5.74) is 0.892. The van der Waals surface area contributed by atoms with Crippen LogP contribution in [-0.2, 0) is 16.1 Å². The number of nitrogens with one attached hydrogen (secondary N) is 2. The lowest BCUT2D eigenvalue weighted by atomic mass is 10.3.